The Morgan fingerprint density at radius 3 is 2.84 bits per heavy atom. The number of alkyl halides is 1. The van der Waals surface area contributed by atoms with Gasteiger partial charge in [0.05, 0.1) is 5.69 Å². The maximum Gasteiger partial charge on any atom is 0.354 e. The Bertz CT molecular complexity index is 1130. The summed E-state index contributed by atoms with van der Waals surface area (Å²) in [7, 11) is 0. The Balaban J connectivity index is 1.44. The van der Waals surface area contributed by atoms with E-state index in [9.17, 15) is 9.18 Å². The zero-order valence-corrected chi connectivity index (χ0v) is 17.9. The minimum absolute atomic E-state index is 0.00697. The van der Waals surface area contributed by atoms with E-state index < -0.39 is 6.67 Å². The number of hydrogen-bond donors (Lipinski definition) is 5. The predicted octanol–water partition coefficient (Wildman–Crippen LogP) is 0.882. The number of rotatable bonds is 9. The first-order valence-corrected chi connectivity index (χ1v) is 10.8. The topological polar surface area (TPSA) is 139 Å². The van der Waals surface area contributed by atoms with Crippen LogP contribution in [0.15, 0.2) is 46.3 Å². The van der Waals surface area contributed by atoms with Gasteiger partial charge in [-0.05, 0) is 43.1 Å². The van der Waals surface area contributed by atoms with Crippen LogP contribution in [0.4, 0.5) is 4.39 Å². The lowest BCUT2D eigenvalue weighted by atomic mass is 10.1. The van der Waals surface area contributed by atoms with Gasteiger partial charge in [-0.2, -0.15) is 4.98 Å². The van der Waals surface area contributed by atoms with Crippen molar-refractivity contribution >= 4 is 17.0 Å². The van der Waals surface area contributed by atoms with Crippen LogP contribution < -0.4 is 27.8 Å². The number of aliphatic imine (C=N–C) groups is 1. The van der Waals surface area contributed by atoms with Crippen LogP contribution in [-0.4, -0.2) is 52.8 Å². The number of aromatic amines is 1. The van der Waals surface area contributed by atoms with E-state index in [0.717, 1.165) is 41.8 Å². The Morgan fingerprint density at radius 1 is 1.34 bits per heavy atom. The number of nitrogens with zero attached hydrogens (tertiary/aromatic N) is 3. The molecule has 32 heavy (non-hydrogen) atoms. The first-order valence-electron chi connectivity index (χ1n) is 10.8. The fraction of sp³-hybridized carbons (Fsp3) is 0.409. The lowest BCUT2D eigenvalue weighted by molar-refractivity contribution is 0.360. The van der Waals surface area contributed by atoms with Crippen LogP contribution >= 0.6 is 0 Å². The summed E-state index contributed by atoms with van der Waals surface area (Å²) in [5.74, 6) is 0.430. The van der Waals surface area contributed by atoms with Crippen molar-refractivity contribution < 1.29 is 4.39 Å². The number of aromatic nitrogens is 3. The highest BCUT2D eigenvalue weighted by Crippen LogP contribution is 2.24. The van der Waals surface area contributed by atoms with Crippen LogP contribution in [0.2, 0.25) is 0 Å². The van der Waals surface area contributed by atoms with Crippen molar-refractivity contribution in [2.45, 2.75) is 31.3 Å². The van der Waals surface area contributed by atoms with E-state index in [1.807, 2.05) is 30.5 Å². The molecule has 0 bridgehead atoms. The Labute approximate surface area is 185 Å². The molecule has 3 aromatic rings. The van der Waals surface area contributed by atoms with E-state index in [1.54, 1.807) is 4.57 Å². The second kappa shape index (κ2) is 9.92. The highest BCUT2D eigenvalue weighted by atomic mass is 19.1. The first-order chi connectivity index (χ1) is 15.5. The highest BCUT2D eigenvalue weighted by molar-refractivity contribution is 5.76. The molecular weight excluding hydrogens is 411 g/mol. The molecule has 0 unspecified atom stereocenters. The van der Waals surface area contributed by atoms with Crippen molar-refractivity contribution in [1.82, 2.24) is 25.2 Å². The third-order valence-electron chi connectivity index (χ3n) is 5.80. The lowest BCUT2D eigenvalue weighted by Crippen LogP contribution is -2.32. The maximum absolute atomic E-state index is 13.2. The molecule has 1 aliphatic heterocycles. The van der Waals surface area contributed by atoms with E-state index in [-0.39, 0.29) is 17.7 Å². The molecule has 4 rings (SSSR count). The Hall–Kier alpha value is -3.24. The molecule has 9 nitrogen and oxygen atoms in total. The standard InChI is InChI=1S/C22H29FN8O/c23-10-17(6-8-27-21(24)25)28-11-14-1-3-18(4-2-14)31-13-16-9-19(15-5-7-26-12-15)29-20(16)30-22(31)32/h1-4,9,13,15,17,26,28H,5-8,10-12H2,(H4,24,25,27)(H,29,30,32)/t15-,17-/m1/s1. The fourth-order valence-electron chi connectivity index (χ4n) is 3.96. The van der Waals surface area contributed by atoms with Gasteiger partial charge in [-0.1, -0.05) is 12.1 Å². The monoisotopic (exact) mass is 440 g/mol. The summed E-state index contributed by atoms with van der Waals surface area (Å²) in [6.45, 7) is 2.31. The quantitative estimate of drug-likeness (QED) is 0.247. The van der Waals surface area contributed by atoms with Gasteiger partial charge in [0, 0.05) is 48.9 Å². The summed E-state index contributed by atoms with van der Waals surface area (Å²) in [4.78, 5) is 24.0. The zero-order valence-electron chi connectivity index (χ0n) is 17.9. The van der Waals surface area contributed by atoms with E-state index in [2.05, 4.69) is 31.7 Å². The molecule has 2 aromatic heterocycles. The van der Waals surface area contributed by atoms with Crippen LogP contribution in [0.25, 0.3) is 16.7 Å². The van der Waals surface area contributed by atoms with Crippen LogP contribution in [0.1, 0.15) is 30.0 Å². The Kier molecular flexibility index (Phi) is 6.81. The molecule has 1 fully saturated rings. The van der Waals surface area contributed by atoms with Gasteiger partial charge in [-0.25, -0.2) is 9.18 Å². The SMILES string of the molecule is NC(N)=NCC[C@H](CF)NCc1ccc(-n2cc3cc([C@@H]4CCNC4)[nH]c3nc2=O)cc1. The summed E-state index contributed by atoms with van der Waals surface area (Å²) < 4.78 is 14.8. The van der Waals surface area contributed by atoms with Gasteiger partial charge in [-0.3, -0.25) is 9.56 Å². The maximum atomic E-state index is 13.2. The number of benzene rings is 1. The second-order valence-corrected chi connectivity index (χ2v) is 8.11. The number of nitrogens with one attached hydrogen (secondary N) is 3. The molecule has 0 aliphatic carbocycles. The van der Waals surface area contributed by atoms with Gasteiger partial charge >= 0.3 is 5.69 Å². The van der Waals surface area contributed by atoms with E-state index >= 15 is 0 Å². The lowest BCUT2D eigenvalue weighted by Gasteiger charge is -2.14. The van der Waals surface area contributed by atoms with Crippen molar-refractivity contribution in [3.8, 4) is 5.69 Å². The summed E-state index contributed by atoms with van der Waals surface area (Å²) in [5, 5.41) is 7.43. The molecule has 2 atom stereocenters. The summed E-state index contributed by atoms with van der Waals surface area (Å²) in [5.41, 5.74) is 13.7. The molecule has 3 heterocycles. The van der Waals surface area contributed by atoms with Gasteiger partial charge in [0.15, 0.2) is 5.96 Å². The number of guanidine groups is 1. The third-order valence-corrected chi connectivity index (χ3v) is 5.80. The highest BCUT2D eigenvalue weighted by Gasteiger charge is 2.19. The summed E-state index contributed by atoms with van der Waals surface area (Å²) in [6.07, 6.45) is 3.40. The zero-order chi connectivity index (χ0) is 22.5. The first kappa shape index (κ1) is 22.0. The van der Waals surface area contributed by atoms with Crippen LogP contribution in [0.3, 0.4) is 0 Å². The largest absolute Gasteiger partial charge is 0.370 e. The number of H-pyrrole nitrogens is 1. The van der Waals surface area contributed by atoms with Crippen LogP contribution in [0, 0.1) is 0 Å². The van der Waals surface area contributed by atoms with Crippen molar-refractivity contribution in [2.75, 3.05) is 26.3 Å². The fourth-order valence-corrected chi connectivity index (χ4v) is 3.96. The minimum atomic E-state index is -0.505. The molecule has 0 amide bonds. The second-order valence-electron chi connectivity index (χ2n) is 8.11. The van der Waals surface area contributed by atoms with Gasteiger partial charge < -0.3 is 27.1 Å². The van der Waals surface area contributed by atoms with Crippen molar-refractivity contribution in [3.05, 3.63) is 58.3 Å². The van der Waals surface area contributed by atoms with Crippen molar-refractivity contribution in [1.29, 1.82) is 0 Å². The van der Waals surface area contributed by atoms with Gasteiger partial charge in [0.2, 0.25) is 0 Å². The number of halogens is 1. The van der Waals surface area contributed by atoms with Gasteiger partial charge in [0.1, 0.15) is 12.3 Å². The molecule has 1 aliphatic rings. The molecule has 0 saturated carbocycles. The van der Waals surface area contributed by atoms with Gasteiger partial charge in [-0.15, -0.1) is 0 Å². The third kappa shape index (κ3) is 5.14. The predicted molar refractivity (Wildman–Crippen MR) is 124 cm³/mol. The van der Waals surface area contributed by atoms with Crippen molar-refractivity contribution in [3.63, 3.8) is 0 Å². The van der Waals surface area contributed by atoms with E-state index in [4.69, 9.17) is 11.5 Å². The molecule has 1 saturated heterocycles. The average molecular weight is 441 g/mol. The molecule has 1 aromatic carbocycles. The minimum Gasteiger partial charge on any atom is -0.370 e. The molecule has 170 valence electrons. The van der Waals surface area contributed by atoms with E-state index in [1.165, 1.54) is 0 Å². The Morgan fingerprint density at radius 2 is 2.16 bits per heavy atom. The van der Waals surface area contributed by atoms with Gasteiger partial charge in [0.25, 0.3) is 0 Å². The van der Waals surface area contributed by atoms with Crippen LogP contribution in [0.5, 0.6) is 0 Å². The molecule has 0 radical (unpaired) electrons. The molecule has 0 spiro atoms. The van der Waals surface area contributed by atoms with E-state index in [0.29, 0.717) is 31.1 Å². The number of fused-ring (bicyclic) bond motifs is 1. The van der Waals surface area contributed by atoms with Crippen molar-refractivity contribution in [2.24, 2.45) is 16.5 Å². The van der Waals surface area contributed by atoms with Crippen LogP contribution in [-0.2, 0) is 6.54 Å². The summed E-state index contributed by atoms with van der Waals surface area (Å²) in [6, 6.07) is 9.31. The average Bonchev–Trinajstić information content (AvgIpc) is 3.45. The smallest absolute Gasteiger partial charge is 0.354 e. The molecular formula is C22H29FN8O. The number of hydrogen-bond acceptors (Lipinski definition) is 5. The molecule has 10 heteroatoms. The normalized spacial score (nSPS) is 17.0. The summed E-state index contributed by atoms with van der Waals surface area (Å²) >= 11 is 0. The number of nitrogens with two attached hydrogens (primary N) is 2. The molecule has 7 N–H and O–H groups in total.